The Labute approximate surface area is 206 Å². The Kier molecular flexibility index (Phi) is 7.80. The Morgan fingerprint density at radius 3 is 2.80 bits per heavy atom. The third-order valence-corrected chi connectivity index (χ3v) is 6.92. The van der Waals surface area contributed by atoms with Crippen molar-refractivity contribution in [2.75, 3.05) is 26.7 Å². The summed E-state index contributed by atoms with van der Waals surface area (Å²) in [6.07, 6.45) is 10.3. The van der Waals surface area contributed by atoms with Gasteiger partial charge in [0.2, 0.25) is 11.8 Å². The zero-order valence-electron chi connectivity index (χ0n) is 20.7. The monoisotopic (exact) mass is 478 g/mol. The fourth-order valence-corrected chi connectivity index (χ4v) is 4.61. The Hall–Kier alpha value is -3.26. The first-order valence-corrected chi connectivity index (χ1v) is 12.3. The number of ether oxygens (including phenoxy) is 1. The molecule has 186 valence electrons. The van der Waals surface area contributed by atoms with Crippen LogP contribution >= 0.6 is 0 Å². The molecule has 0 saturated carbocycles. The van der Waals surface area contributed by atoms with Gasteiger partial charge < -0.3 is 19.6 Å². The summed E-state index contributed by atoms with van der Waals surface area (Å²) < 4.78 is 6.33. The fourth-order valence-electron chi connectivity index (χ4n) is 4.61. The summed E-state index contributed by atoms with van der Waals surface area (Å²) in [6, 6.07) is 5.18. The summed E-state index contributed by atoms with van der Waals surface area (Å²) in [4.78, 5) is 38.4. The van der Waals surface area contributed by atoms with E-state index in [0.29, 0.717) is 18.7 Å². The number of nitrogens with zero attached hydrogens (tertiary/aromatic N) is 4. The van der Waals surface area contributed by atoms with Crippen molar-refractivity contribution in [3.05, 3.63) is 59.6 Å². The predicted octanol–water partition coefficient (Wildman–Crippen LogP) is 2.97. The maximum Gasteiger partial charge on any atom is 0.259 e. The van der Waals surface area contributed by atoms with Crippen LogP contribution in [0.3, 0.4) is 0 Å². The number of fused-ring (bicyclic) bond motifs is 1. The molecule has 2 aliphatic rings. The van der Waals surface area contributed by atoms with Gasteiger partial charge in [0.25, 0.3) is 5.91 Å². The quantitative estimate of drug-likeness (QED) is 0.657. The van der Waals surface area contributed by atoms with E-state index in [1.807, 2.05) is 32.0 Å². The second-order valence-electron chi connectivity index (χ2n) is 9.63. The summed E-state index contributed by atoms with van der Waals surface area (Å²) in [5, 5.41) is 9.85. The fraction of sp³-hybridized carbons (Fsp3) is 0.481. The largest absolute Gasteiger partial charge is 0.472 e. The first kappa shape index (κ1) is 24.9. The van der Waals surface area contributed by atoms with Crippen LogP contribution in [-0.4, -0.2) is 75.6 Å². The number of aliphatic hydroxyl groups excluding tert-OH is 1. The number of aliphatic hydroxyl groups is 1. The van der Waals surface area contributed by atoms with E-state index in [-0.39, 0.29) is 48.8 Å². The van der Waals surface area contributed by atoms with Crippen molar-refractivity contribution in [3.8, 4) is 5.88 Å². The zero-order chi connectivity index (χ0) is 24.9. The number of pyridine rings is 2. The van der Waals surface area contributed by atoms with Crippen LogP contribution in [0, 0.1) is 5.92 Å². The normalized spacial score (nSPS) is 20.9. The van der Waals surface area contributed by atoms with Gasteiger partial charge in [-0.2, -0.15) is 0 Å². The molecule has 0 fully saturated rings. The molecule has 1 N–H and O–H groups in total. The van der Waals surface area contributed by atoms with E-state index in [9.17, 15) is 14.7 Å². The average molecular weight is 479 g/mol. The Bertz CT molecular complexity index is 1090. The lowest BCUT2D eigenvalue weighted by atomic mass is 9.99. The van der Waals surface area contributed by atoms with Crippen LogP contribution in [0.2, 0.25) is 0 Å². The van der Waals surface area contributed by atoms with Gasteiger partial charge in [0.1, 0.15) is 11.7 Å². The number of aromatic nitrogens is 2. The molecular formula is C27H34N4O4. The minimum atomic E-state index is -0.370. The van der Waals surface area contributed by atoms with Crippen LogP contribution in [0.1, 0.15) is 54.6 Å². The summed E-state index contributed by atoms with van der Waals surface area (Å²) in [7, 11) is 1.77. The highest BCUT2D eigenvalue weighted by Crippen LogP contribution is 2.32. The summed E-state index contributed by atoms with van der Waals surface area (Å²) in [5.74, 6) is -0.0281. The molecule has 1 aliphatic carbocycles. The van der Waals surface area contributed by atoms with Crippen molar-refractivity contribution in [1.82, 2.24) is 19.8 Å². The first-order valence-electron chi connectivity index (χ1n) is 12.3. The summed E-state index contributed by atoms with van der Waals surface area (Å²) in [5.41, 5.74) is 3.43. The van der Waals surface area contributed by atoms with E-state index in [0.717, 1.165) is 30.4 Å². The number of amides is 2. The molecule has 0 saturated heterocycles. The minimum absolute atomic E-state index is 0.0255. The van der Waals surface area contributed by atoms with Gasteiger partial charge in [-0.3, -0.25) is 14.6 Å². The molecule has 35 heavy (non-hydrogen) atoms. The van der Waals surface area contributed by atoms with Gasteiger partial charge in [-0.1, -0.05) is 13.0 Å². The highest BCUT2D eigenvalue weighted by Gasteiger charge is 2.35. The smallest absolute Gasteiger partial charge is 0.259 e. The minimum Gasteiger partial charge on any atom is -0.472 e. The van der Waals surface area contributed by atoms with E-state index >= 15 is 0 Å². The third kappa shape index (κ3) is 5.70. The molecule has 0 unspecified atom stereocenters. The number of rotatable bonds is 7. The highest BCUT2D eigenvalue weighted by atomic mass is 16.5. The summed E-state index contributed by atoms with van der Waals surface area (Å²) >= 11 is 0. The van der Waals surface area contributed by atoms with E-state index in [1.165, 1.54) is 5.57 Å². The Morgan fingerprint density at radius 2 is 2.11 bits per heavy atom. The molecule has 8 heteroatoms. The van der Waals surface area contributed by atoms with Gasteiger partial charge in [0.15, 0.2) is 0 Å². The molecule has 1 aliphatic heterocycles. The Balaban J connectivity index is 1.60. The van der Waals surface area contributed by atoms with Gasteiger partial charge >= 0.3 is 0 Å². The van der Waals surface area contributed by atoms with E-state index in [2.05, 4.69) is 16.0 Å². The molecule has 4 rings (SSSR count). The van der Waals surface area contributed by atoms with Crippen molar-refractivity contribution < 1.29 is 19.4 Å². The molecule has 8 nitrogen and oxygen atoms in total. The van der Waals surface area contributed by atoms with E-state index in [4.69, 9.17) is 4.74 Å². The van der Waals surface area contributed by atoms with Crippen molar-refractivity contribution in [1.29, 1.82) is 0 Å². The van der Waals surface area contributed by atoms with Gasteiger partial charge in [-0.15, -0.1) is 0 Å². The van der Waals surface area contributed by atoms with Crippen LogP contribution in [0.4, 0.5) is 0 Å². The SMILES string of the molecule is C[C@H](CO)N1C[C@H](C)[C@H](CN(C)C(=O)Cc2ccncc2)Oc2ncc(C3=CCCC3)cc2C1=O. The maximum atomic E-state index is 13.5. The number of allylic oxidation sites excluding steroid dienone is 2. The molecule has 0 bridgehead atoms. The van der Waals surface area contributed by atoms with Crippen LogP contribution in [-0.2, 0) is 11.2 Å². The standard InChI is InChI=1S/C27H34N4O4/c1-18-15-31(19(2)17-32)27(34)23-13-22(21-6-4-5-7-21)14-29-26(23)35-24(18)16-30(3)25(33)12-20-8-10-28-11-9-20/h6,8-11,13-14,18-19,24,32H,4-5,7,12,15-17H2,1-3H3/t18-,19+,24-/m0/s1. The van der Waals surface area contributed by atoms with Gasteiger partial charge in [-0.25, -0.2) is 4.98 Å². The lowest BCUT2D eigenvalue weighted by molar-refractivity contribution is -0.130. The van der Waals surface area contributed by atoms with Crippen molar-refractivity contribution in [2.24, 2.45) is 5.92 Å². The number of hydrogen-bond acceptors (Lipinski definition) is 6. The number of hydrogen-bond donors (Lipinski definition) is 1. The highest BCUT2D eigenvalue weighted by molar-refractivity contribution is 5.97. The second-order valence-corrected chi connectivity index (χ2v) is 9.63. The molecule has 2 aromatic heterocycles. The van der Waals surface area contributed by atoms with Crippen LogP contribution < -0.4 is 4.74 Å². The predicted molar refractivity (Wildman–Crippen MR) is 133 cm³/mol. The number of carbonyl (C=O) groups excluding carboxylic acids is 2. The maximum absolute atomic E-state index is 13.5. The van der Waals surface area contributed by atoms with E-state index in [1.54, 1.807) is 35.4 Å². The van der Waals surface area contributed by atoms with Crippen LogP contribution in [0.5, 0.6) is 5.88 Å². The van der Waals surface area contributed by atoms with Gasteiger partial charge in [0, 0.05) is 38.1 Å². The molecule has 0 aromatic carbocycles. The second kappa shape index (κ2) is 11.0. The molecule has 2 amide bonds. The Morgan fingerprint density at radius 1 is 1.34 bits per heavy atom. The lowest BCUT2D eigenvalue weighted by Gasteiger charge is -2.37. The zero-order valence-corrected chi connectivity index (χ0v) is 20.7. The molecular weight excluding hydrogens is 444 g/mol. The van der Waals surface area contributed by atoms with Gasteiger partial charge in [0.05, 0.1) is 25.6 Å². The van der Waals surface area contributed by atoms with Crippen LogP contribution in [0.25, 0.3) is 5.57 Å². The summed E-state index contributed by atoms with van der Waals surface area (Å²) in [6.45, 7) is 4.46. The molecule has 2 aromatic rings. The third-order valence-electron chi connectivity index (χ3n) is 6.92. The first-order chi connectivity index (χ1) is 16.9. The van der Waals surface area contributed by atoms with Gasteiger partial charge in [-0.05, 0) is 61.1 Å². The lowest BCUT2D eigenvalue weighted by Crippen LogP contribution is -2.50. The topological polar surface area (TPSA) is 95.9 Å². The molecule has 0 radical (unpaired) electrons. The van der Waals surface area contributed by atoms with Crippen molar-refractivity contribution in [3.63, 3.8) is 0 Å². The van der Waals surface area contributed by atoms with Crippen molar-refractivity contribution in [2.45, 2.75) is 51.7 Å². The number of likely N-dealkylation sites (N-methyl/N-ethyl adjacent to an activating group) is 1. The average Bonchev–Trinajstić information content (AvgIpc) is 3.41. The van der Waals surface area contributed by atoms with Crippen LogP contribution in [0.15, 0.2) is 42.9 Å². The van der Waals surface area contributed by atoms with E-state index < -0.39 is 0 Å². The molecule has 3 atom stereocenters. The molecule has 3 heterocycles. The molecule has 0 spiro atoms. The number of carbonyl (C=O) groups is 2. The van der Waals surface area contributed by atoms with Crippen molar-refractivity contribution >= 4 is 17.4 Å².